The lowest BCUT2D eigenvalue weighted by molar-refractivity contribution is -0.132. The number of halogens is 2. The molecule has 0 radical (unpaired) electrons. The van der Waals surface area contributed by atoms with Gasteiger partial charge >= 0.3 is 0 Å². The number of amides is 1. The maximum absolute atomic E-state index is 13.1. The summed E-state index contributed by atoms with van der Waals surface area (Å²) in [5, 5.41) is 0. The highest BCUT2D eigenvalue weighted by Crippen LogP contribution is 2.22. The summed E-state index contributed by atoms with van der Waals surface area (Å²) in [6, 6.07) is 3.43. The molecule has 0 aliphatic carbocycles. The summed E-state index contributed by atoms with van der Waals surface area (Å²) in [7, 11) is 0. The van der Waals surface area contributed by atoms with E-state index in [1.54, 1.807) is 4.90 Å². The number of benzene rings is 1. The fraction of sp³-hybridized carbons (Fsp3) is 0.467. The summed E-state index contributed by atoms with van der Waals surface area (Å²) in [6.45, 7) is 2.14. The third-order valence-electron chi connectivity index (χ3n) is 3.56. The topological polar surface area (TPSA) is 37.4 Å². The maximum Gasteiger partial charge on any atom is 0.227 e. The molecule has 1 atom stereocenters. The van der Waals surface area contributed by atoms with Crippen LogP contribution < -0.4 is 0 Å². The Kier molecular flexibility index (Phi) is 4.47. The quantitative estimate of drug-likeness (QED) is 0.850. The molecule has 1 unspecified atom stereocenters. The van der Waals surface area contributed by atoms with E-state index in [-0.39, 0.29) is 24.2 Å². The van der Waals surface area contributed by atoms with Gasteiger partial charge in [-0.1, -0.05) is 6.07 Å². The van der Waals surface area contributed by atoms with Gasteiger partial charge in [0.1, 0.15) is 5.78 Å². The molecule has 1 amide bonds. The minimum absolute atomic E-state index is 0.0333. The number of carbonyl (C=O) groups is 2. The van der Waals surface area contributed by atoms with Crippen LogP contribution in [0, 0.1) is 11.6 Å². The normalized spacial score (nSPS) is 18.4. The lowest BCUT2D eigenvalue weighted by Crippen LogP contribution is -2.37. The summed E-state index contributed by atoms with van der Waals surface area (Å²) < 4.78 is 25.9. The van der Waals surface area contributed by atoms with Crippen molar-refractivity contribution in [3.8, 4) is 0 Å². The Morgan fingerprint density at radius 2 is 2.05 bits per heavy atom. The van der Waals surface area contributed by atoms with Crippen molar-refractivity contribution in [3.05, 3.63) is 35.4 Å². The van der Waals surface area contributed by atoms with E-state index in [0.717, 1.165) is 25.0 Å². The lowest BCUT2D eigenvalue weighted by atomic mass is 10.1. The van der Waals surface area contributed by atoms with Crippen LogP contribution in [0.25, 0.3) is 0 Å². The summed E-state index contributed by atoms with van der Waals surface area (Å²) in [4.78, 5) is 25.1. The van der Waals surface area contributed by atoms with Crippen LogP contribution in [0.4, 0.5) is 8.78 Å². The van der Waals surface area contributed by atoms with Crippen molar-refractivity contribution in [1.29, 1.82) is 0 Å². The molecule has 3 nitrogen and oxygen atoms in total. The van der Waals surface area contributed by atoms with Crippen LogP contribution >= 0.6 is 0 Å². The highest BCUT2D eigenvalue weighted by atomic mass is 19.2. The van der Waals surface area contributed by atoms with Crippen molar-refractivity contribution in [1.82, 2.24) is 4.90 Å². The zero-order valence-electron chi connectivity index (χ0n) is 11.4. The first-order chi connectivity index (χ1) is 9.47. The van der Waals surface area contributed by atoms with E-state index in [4.69, 9.17) is 0 Å². The van der Waals surface area contributed by atoms with Crippen LogP contribution in [0.15, 0.2) is 18.2 Å². The minimum atomic E-state index is -0.947. The van der Waals surface area contributed by atoms with Gasteiger partial charge in [0.05, 0.1) is 6.42 Å². The molecular weight excluding hydrogens is 264 g/mol. The van der Waals surface area contributed by atoms with Gasteiger partial charge in [-0.25, -0.2) is 8.78 Å². The molecule has 1 aliphatic heterocycles. The van der Waals surface area contributed by atoms with Crippen LogP contribution in [0.2, 0.25) is 0 Å². The van der Waals surface area contributed by atoms with Crippen LogP contribution in [-0.4, -0.2) is 29.2 Å². The standard InChI is InChI=1S/C15H17F2NO2/c1-10(19)7-12-3-2-6-18(12)15(20)9-11-4-5-13(16)14(17)8-11/h4-5,8,12H,2-3,6-7,9H2,1H3. The van der Waals surface area contributed by atoms with Crippen molar-refractivity contribution < 1.29 is 18.4 Å². The van der Waals surface area contributed by atoms with Crippen LogP contribution in [0.3, 0.4) is 0 Å². The molecule has 0 N–H and O–H groups in total. The van der Waals surface area contributed by atoms with Crippen LogP contribution in [-0.2, 0) is 16.0 Å². The largest absolute Gasteiger partial charge is 0.339 e. The smallest absolute Gasteiger partial charge is 0.227 e. The Hall–Kier alpha value is -1.78. The molecule has 0 saturated carbocycles. The number of hydrogen-bond donors (Lipinski definition) is 0. The molecule has 108 valence electrons. The molecule has 0 spiro atoms. The highest BCUT2D eigenvalue weighted by Gasteiger charge is 2.29. The van der Waals surface area contributed by atoms with E-state index in [2.05, 4.69) is 0 Å². The Labute approximate surface area is 116 Å². The van der Waals surface area contributed by atoms with E-state index in [1.807, 2.05) is 0 Å². The summed E-state index contributed by atoms with van der Waals surface area (Å²) in [5.74, 6) is -1.95. The number of rotatable bonds is 4. The average molecular weight is 281 g/mol. The number of hydrogen-bond acceptors (Lipinski definition) is 2. The van der Waals surface area contributed by atoms with Crippen molar-refractivity contribution in [3.63, 3.8) is 0 Å². The molecule has 1 aromatic rings. The van der Waals surface area contributed by atoms with E-state index in [9.17, 15) is 18.4 Å². The number of nitrogens with zero attached hydrogens (tertiary/aromatic N) is 1. The summed E-state index contributed by atoms with van der Waals surface area (Å²) >= 11 is 0. The molecular formula is C15H17F2NO2. The van der Waals surface area contributed by atoms with E-state index < -0.39 is 11.6 Å². The third-order valence-corrected chi connectivity index (χ3v) is 3.56. The molecule has 1 aliphatic rings. The van der Waals surface area contributed by atoms with Crippen LogP contribution in [0.5, 0.6) is 0 Å². The van der Waals surface area contributed by atoms with Gasteiger partial charge in [-0.05, 0) is 37.5 Å². The first-order valence-corrected chi connectivity index (χ1v) is 6.70. The Balaban J connectivity index is 2.03. The monoisotopic (exact) mass is 281 g/mol. The molecule has 1 aromatic carbocycles. The fourth-order valence-corrected chi connectivity index (χ4v) is 2.63. The van der Waals surface area contributed by atoms with Gasteiger partial charge in [0.2, 0.25) is 5.91 Å². The number of ketones is 1. The third kappa shape index (κ3) is 3.40. The van der Waals surface area contributed by atoms with Gasteiger partial charge in [0.15, 0.2) is 11.6 Å². The zero-order chi connectivity index (χ0) is 14.7. The Morgan fingerprint density at radius 1 is 1.30 bits per heavy atom. The predicted octanol–water partition coefficient (Wildman–Crippen LogP) is 2.48. The second-order valence-electron chi connectivity index (χ2n) is 5.21. The van der Waals surface area contributed by atoms with Crippen LogP contribution in [0.1, 0.15) is 31.7 Å². The second-order valence-corrected chi connectivity index (χ2v) is 5.21. The zero-order valence-corrected chi connectivity index (χ0v) is 11.4. The van der Waals surface area contributed by atoms with Gasteiger partial charge in [0.25, 0.3) is 0 Å². The van der Waals surface area contributed by atoms with E-state index >= 15 is 0 Å². The SMILES string of the molecule is CC(=O)CC1CCCN1C(=O)Cc1ccc(F)c(F)c1. The number of carbonyl (C=O) groups excluding carboxylic acids is 2. The van der Waals surface area contributed by atoms with Crippen molar-refractivity contribution >= 4 is 11.7 Å². The maximum atomic E-state index is 13.1. The first-order valence-electron chi connectivity index (χ1n) is 6.70. The van der Waals surface area contributed by atoms with Gasteiger partial charge in [-0.2, -0.15) is 0 Å². The van der Waals surface area contributed by atoms with Gasteiger partial charge in [-0.3, -0.25) is 9.59 Å². The molecule has 5 heteroatoms. The average Bonchev–Trinajstić information content (AvgIpc) is 2.81. The number of likely N-dealkylation sites (tertiary alicyclic amines) is 1. The van der Waals surface area contributed by atoms with Gasteiger partial charge in [-0.15, -0.1) is 0 Å². The summed E-state index contributed by atoms with van der Waals surface area (Å²) in [5.41, 5.74) is 0.447. The first kappa shape index (κ1) is 14.6. The molecule has 0 bridgehead atoms. The van der Waals surface area contributed by atoms with Crippen molar-refractivity contribution in [2.45, 2.75) is 38.6 Å². The molecule has 1 heterocycles. The molecule has 0 aromatic heterocycles. The van der Waals surface area contributed by atoms with Gasteiger partial charge < -0.3 is 4.90 Å². The Bertz CT molecular complexity index is 531. The van der Waals surface area contributed by atoms with Gasteiger partial charge in [0, 0.05) is 19.0 Å². The lowest BCUT2D eigenvalue weighted by Gasteiger charge is -2.24. The van der Waals surface area contributed by atoms with Crippen molar-refractivity contribution in [2.24, 2.45) is 0 Å². The van der Waals surface area contributed by atoms with E-state index in [0.29, 0.717) is 18.5 Å². The fourth-order valence-electron chi connectivity index (χ4n) is 2.63. The molecule has 2 rings (SSSR count). The van der Waals surface area contributed by atoms with Crippen molar-refractivity contribution in [2.75, 3.05) is 6.54 Å². The Morgan fingerprint density at radius 3 is 2.70 bits per heavy atom. The number of Topliss-reactive ketones (excluding diaryl/α,β-unsaturated/α-hetero) is 1. The van der Waals surface area contributed by atoms with E-state index in [1.165, 1.54) is 13.0 Å². The second kappa shape index (κ2) is 6.11. The molecule has 20 heavy (non-hydrogen) atoms. The predicted molar refractivity (Wildman–Crippen MR) is 70.1 cm³/mol. The molecule has 1 fully saturated rings. The molecule has 1 saturated heterocycles. The summed E-state index contributed by atoms with van der Waals surface area (Å²) in [6.07, 6.45) is 2.10. The minimum Gasteiger partial charge on any atom is -0.339 e. The highest BCUT2D eigenvalue weighted by molar-refractivity contribution is 5.81.